The van der Waals surface area contributed by atoms with Gasteiger partial charge in [-0.25, -0.2) is 4.79 Å². The van der Waals surface area contributed by atoms with E-state index < -0.39 is 11.7 Å². The summed E-state index contributed by atoms with van der Waals surface area (Å²) in [5.74, 6) is 0.110. The largest absolute Gasteiger partial charge is 0.416 e. The zero-order chi connectivity index (χ0) is 23.9. The van der Waals surface area contributed by atoms with Crippen molar-refractivity contribution in [3.05, 3.63) is 70.3 Å². The number of carbonyl (C=O) groups is 2. The van der Waals surface area contributed by atoms with Crippen molar-refractivity contribution in [2.75, 3.05) is 20.1 Å². The number of piperazine rings is 1. The van der Waals surface area contributed by atoms with Gasteiger partial charge in [0.1, 0.15) is 0 Å². The summed E-state index contributed by atoms with van der Waals surface area (Å²) in [5, 5.41) is 0. The predicted octanol–water partition coefficient (Wildman–Crippen LogP) is 4.92. The Labute approximate surface area is 191 Å². The van der Waals surface area contributed by atoms with Gasteiger partial charge in [0.15, 0.2) is 0 Å². The molecule has 2 unspecified atom stereocenters. The average Bonchev–Trinajstić information content (AvgIpc) is 3.13. The predicted molar refractivity (Wildman–Crippen MR) is 118 cm³/mol. The van der Waals surface area contributed by atoms with Crippen LogP contribution in [0.15, 0.2) is 42.5 Å². The summed E-state index contributed by atoms with van der Waals surface area (Å²) in [6.45, 7) is 4.52. The summed E-state index contributed by atoms with van der Waals surface area (Å²) in [7, 11) is 1.61. The number of halogens is 3. The third kappa shape index (κ3) is 4.56. The molecule has 0 spiro atoms. The van der Waals surface area contributed by atoms with E-state index >= 15 is 0 Å². The van der Waals surface area contributed by atoms with Gasteiger partial charge in [-0.05, 0) is 49.1 Å². The van der Waals surface area contributed by atoms with Crippen LogP contribution in [0.1, 0.15) is 46.7 Å². The van der Waals surface area contributed by atoms with Gasteiger partial charge < -0.3 is 14.7 Å². The number of alkyl halides is 3. The maximum absolute atomic E-state index is 13.6. The third-order valence-corrected chi connectivity index (χ3v) is 6.62. The highest BCUT2D eigenvalue weighted by atomic mass is 19.4. The molecule has 0 radical (unpaired) electrons. The lowest BCUT2D eigenvalue weighted by Crippen LogP contribution is -2.57. The highest BCUT2D eigenvalue weighted by Crippen LogP contribution is 2.39. The molecule has 2 aromatic rings. The molecule has 0 saturated carbocycles. The highest BCUT2D eigenvalue weighted by Gasteiger charge is 2.45. The fraction of sp³-hybridized carbons (Fsp3) is 0.440. The van der Waals surface area contributed by atoms with Crippen molar-refractivity contribution in [3.8, 4) is 0 Å². The SMILES string of the molecule is Cc1cc(CN(C)C(=O)N2CCN3C(=O)CCC3C2c2ccccc2C)cc(C(F)(F)F)c1. The van der Waals surface area contributed by atoms with Gasteiger partial charge in [0.05, 0.1) is 17.6 Å². The van der Waals surface area contributed by atoms with E-state index in [-0.39, 0.29) is 30.6 Å². The quantitative estimate of drug-likeness (QED) is 0.654. The first-order chi connectivity index (χ1) is 15.6. The second-order valence-corrected chi connectivity index (χ2v) is 9.03. The van der Waals surface area contributed by atoms with Crippen LogP contribution in [0.4, 0.5) is 18.0 Å². The van der Waals surface area contributed by atoms with Crippen molar-refractivity contribution in [2.45, 2.75) is 51.5 Å². The first-order valence-corrected chi connectivity index (χ1v) is 11.1. The fourth-order valence-electron chi connectivity index (χ4n) is 5.12. The van der Waals surface area contributed by atoms with Crippen LogP contribution in [0.5, 0.6) is 0 Å². The molecule has 8 heteroatoms. The molecule has 2 atom stereocenters. The Morgan fingerprint density at radius 2 is 1.85 bits per heavy atom. The number of fused-ring (bicyclic) bond motifs is 1. The zero-order valence-corrected chi connectivity index (χ0v) is 19.0. The van der Waals surface area contributed by atoms with Crippen LogP contribution in [0.25, 0.3) is 0 Å². The van der Waals surface area contributed by atoms with Crippen LogP contribution in [-0.2, 0) is 17.5 Å². The molecule has 3 amide bonds. The Kier molecular flexibility index (Phi) is 6.12. The highest BCUT2D eigenvalue weighted by molar-refractivity contribution is 5.81. The van der Waals surface area contributed by atoms with Crippen molar-refractivity contribution < 1.29 is 22.8 Å². The molecule has 33 heavy (non-hydrogen) atoms. The monoisotopic (exact) mass is 459 g/mol. The summed E-state index contributed by atoms with van der Waals surface area (Å²) in [4.78, 5) is 31.1. The van der Waals surface area contributed by atoms with Gasteiger partial charge in [0, 0.05) is 33.1 Å². The van der Waals surface area contributed by atoms with Gasteiger partial charge in [-0.3, -0.25) is 4.79 Å². The number of urea groups is 1. The molecule has 0 aromatic heterocycles. The summed E-state index contributed by atoms with van der Waals surface area (Å²) < 4.78 is 39.7. The smallest absolute Gasteiger partial charge is 0.335 e. The Balaban J connectivity index is 1.61. The first-order valence-electron chi connectivity index (χ1n) is 11.1. The number of hydrogen-bond acceptors (Lipinski definition) is 2. The second kappa shape index (κ2) is 8.72. The molecule has 2 fully saturated rings. The molecule has 2 aliphatic rings. The molecule has 0 aliphatic carbocycles. The van der Waals surface area contributed by atoms with Crippen LogP contribution in [0.2, 0.25) is 0 Å². The van der Waals surface area contributed by atoms with Crippen molar-refractivity contribution in [2.24, 2.45) is 0 Å². The van der Waals surface area contributed by atoms with Crippen LogP contribution < -0.4 is 0 Å². The molecular weight excluding hydrogens is 431 g/mol. The molecule has 5 nitrogen and oxygen atoms in total. The summed E-state index contributed by atoms with van der Waals surface area (Å²) >= 11 is 0. The van der Waals surface area contributed by atoms with E-state index in [1.807, 2.05) is 36.1 Å². The van der Waals surface area contributed by atoms with Crippen molar-refractivity contribution in [1.29, 1.82) is 0 Å². The fourth-order valence-corrected chi connectivity index (χ4v) is 5.12. The van der Waals surface area contributed by atoms with Crippen LogP contribution in [-0.4, -0.2) is 52.8 Å². The summed E-state index contributed by atoms with van der Waals surface area (Å²) in [6, 6.07) is 11.1. The number of rotatable bonds is 3. The number of nitrogens with zero attached hydrogens (tertiary/aromatic N) is 3. The van der Waals surface area contributed by atoms with Gasteiger partial charge in [0.2, 0.25) is 5.91 Å². The van der Waals surface area contributed by atoms with E-state index in [1.165, 1.54) is 4.90 Å². The second-order valence-electron chi connectivity index (χ2n) is 9.03. The summed E-state index contributed by atoms with van der Waals surface area (Å²) in [5.41, 5.74) is 2.25. The van der Waals surface area contributed by atoms with E-state index in [0.717, 1.165) is 23.3 Å². The number of carbonyl (C=O) groups excluding carboxylic acids is 2. The first kappa shape index (κ1) is 23.1. The minimum absolute atomic E-state index is 0.0634. The minimum Gasteiger partial charge on any atom is -0.335 e. The lowest BCUT2D eigenvalue weighted by molar-refractivity contribution is -0.137. The van der Waals surface area contributed by atoms with E-state index in [9.17, 15) is 22.8 Å². The standard InChI is InChI=1S/C25H28F3N3O2/c1-16-12-18(14-19(13-16)25(26,27)28)15-29(3)24(33)31-11-10-30-21(8-9-22(30)32)23(31)20-7-5-4-6-17(20)2/h4-7,12-14,21,23H,8-11,15H2,1-3H3. The number of hydrogen-bond donors (Lipinski definition) is 0. The van der Waals surface area contributed by atoms with E-state index in [1.54, 1.807) is 24.9 Å². The molecule has 0 bridgehead atoms. The Morgan fingerprint density at radius 1 is 1.12 bits per heavy atom. The maximum atomic E-state index is 13.6. The van der Waals surface area contributed by atoms with Crippen LogP contribution in [0.3, 0.4) is 0 Å². The van der Waals surface area contributed by atoms with E-state index in [0.29, 0.717) is 37.1 Å². The van der Waals surface area contributed by atoms with E-state index in [4.69, 9.17) is 0 Å². The molecule has 176 valence electrons. The van der Waals surface area contributed by atoms with Crippen LogP contribution >= 0.6 is 0 Å². The van der Waals surface area contributed by atoms with Gasteiger partial charge in [-0.2, -0.15) is 13.2 Å². The molecule has 2 saturated heterocycles. The zero-order valence-electron chi connectivity index (χ0n) is 19.0. The summed E-state index contributed by atoms with van der Waals surface area (Å²) in [6.07, 6.45) is -3.29. The molecule has 2 aliphatic heterocycles. The Bertz CT molecular complexity index is 1070. The number of aryl methyl sites for hydroxylation is 2. The van der Waals surface area contributed by atoms with Gasteiger partial charge in [-0.1, -0.05) is 35.9 Å². The van der Waals surface area contributed by atoms with Crippen molar-refractivity contribution in [1.82, 2.24) is 14.7 Å². The lowest BCUT2D eigenvalue weighted by Gasteiger charge is -2.46. The van der Waals surface area contributed by atoms with Crippen molar-refractivity contribution >= 4 is 11.9 Å². The average molecular weight is 460 g/mol. The Hall–Kier alpha value is -3.03. The molecule has 2 aromatic carbocycles. The molecule has 4 rings (SSSR count). The van der Waals surface area contributed by atoms with Gasteiger partial charge in [-0.15, -0.1) is 0 Å². The maximum Gasteiger partial charge on any atom is 0.416 e. The normalized spacial score (nSPS) is 20.7. The number of amides is 3. The van der Waals surface area contributed by atoms with Crippen LogP contribution in [0, 0.1) is 13.8 Å². The Morgan fingerprint density at radius 3 is 2.55 bits per heavy atom. The molecule has 2 heterocycles. The van der Waals surface area contributed by atoms with Gasteiger partial charge in [0.25, 0.3) is 0 Å². The molecule has 0 N–H and O–H groups in total. The lowest BCUT2D eigenvalue weighted by atomic mass is 9.91. The third-order valence-electron chi connectivity index (χ3n) is 6.62. The van der Waals surface area contributed by atoms with Gasteiger partial charge >= 0.3 is 12.2 Å². The number of benzene rings is 2. The van der Waals surface area contributed by atoms with Crippen molar-refractivity contribution in [3.63, 3.8) is 0 Å². The minimum atomic E-state index is -4.44. The van der Waals surface area contributed by atoms with E-state index in [2.05, 4.69) is 0 Å². The molecular formula is C25H28F3N3O2. The topological polar surface area (TPSA) is 43.9 Å².